The largest absolute Gasteiger partial charge is 0.494 e. The molecule has 0 amide bonds. The Morgan fingerprint density at radius 3 is 2.32 bits per heavy atom. The van der Waals surface area contributed by atoms with Crippen LogP contribution in [0.4, 0.5) is 13.2 Å². The van der Waals surface area contributed by atoms with Gasteiger partial charge in [0.05, 0.1) is 6.61 Å². The summed E-state index contributed by atoms with van der Waals surface area (Å²) in [7, 11) is 0. The fourth-order valence-electron chi connectivity index (χ4n) is 2.79. The minimum atomic E-state index is -1.26. The van der Waals surface area contributed by atoms with Gasteiger partial charge in [0.1, 0.15) is 23.9 Å². The summed E-state index contributed by atoms with van der Waals surface area (Å²) < 4.78 is 54.8. The quantitative estimate of drug-likeness (QED) is 0.333. The van der Waals surface area contributed by atoms with Gasteiger partial charge in [0.25, 0.3) is 0 Å². The second-order valence-electron chi connectivity index (χ2n) is 6.00. The maximum absolute atomic E-state index is 14.8. The lowest BCUT2D eigenvalue weighted by molar-refractivity contribution is 0.340. The third-order valence-corrected chi connectivity index (χ3v) is 4.14. The van der Waals surface area contributed by atoms with Crippen molar-refractivity contribution in [2.45, 2.75) is 6.92 Å². The fraction of sp³-hybridized carbons (Fsp3) is 0.130. The van der Waals surface area contributed by atoms with Crippen LogP contribution in [0.15, 0.2) is 67.3 Å². The third-order valence-electron chi connectivity index (χ3n) is 4.14. The highest BCUT2D eigenvalue weighted by atomic mass is 19.2. The number of rotatable bonds is 7. The number of halogens is 3. The minimum absolute atomic E-state index is 0.00496. The van der Waals surface area contributed by atoms with Crippen LogP contribution in [-0.4, -0.2) is 13.2 Å². The highest BCUT2D eigenvalue weighted by Gasteiger charge is 2.17. The number of benzene rings is 3. The molecule has 0 radical (unpaired) electrons. The smallest absolute Gasteiger partial charge is 0.169 e. The molecule has 0 atom stereocenters. The Balaban J connectivity index is 1.96. The zero-order valence-electron chi connectivity index (χ0n) is 15.3. The molecule has 0 unspecified atom stereocenters. The lowest BCUT2D eigenvalue weighted by atomic mass is 10.0. The first-order valence-corrected chi connectivity index (χ1v) is 8.80. The Hall–Kier alpha value is -3.21. The van der Waals surface area contributed by atoms with Gasteiger partial charge in [-0.1, -0.05) is 18.7 Å². The van der Waals surface area contributed by atoms with Crippen LogP contribution >= 0.6 is 0 Å². The van der Waals surface area contributed by atoms with E-state index >= 15 is 0 Å². The molecule has 0 bridgehead atoms. The summed E-state index contributed by atoms with van der Waals surface area (Å²) in [6, 6.07) is 13.3. The second-order valence-corrected chi connectivity index (χ2v) is 6.00. The molecule has 0 saturated carbocycles. The van der Waals surface area contributed by atoms with Crippen LogP contribution in [0.5, 0.6) is 11.5 Å². The van der Waals surface area contributed by atoms with E-state index in [-0.39, 0.29) is 10.9 Å². The van der Waals surface area contributed by atoms with E-state index in [1.54, 1.807) is 18.2 Å². The van der Waals surface area contributed by atoms with E-state index in [9.17, 15) is 13.2 Å². The van der Waals surface area contributed by atoms with Crippen molar-refractivity contribution in [3.05, 3.63) is 84.2 Å². The molecule has 0 fully saturated rings. The highest BCUT2D eigenvalue weighted by molar-refractivity contribution is 5.91. The average molecular weight is 384 g/mol. The molecule has 0 aromatic heterocycles. The van der Waals surface area contributed by atoms with Gasteiger partial charge in [-0.25, -0.2) is 13.2 Å². The summed E-state index contributed by atoms with van der Waals surface area (Å²) in [5.74, 6) is -2.13. The first kappa shape index (κ1) is 19.5. The molecule has 144 valence electrons. The zero-order chi connectivity index (χ0) is 20.1. The van der Waals surface area contributed by atoms with E-state index in [0.717, 1.165) is 0 Å². The lowest BCUT2D eigenvalue weighted by Gasteiger charge is -2.09. The Bertz CT molecular complexity index is 1020. The van der Waals surface area contributed by atoms with Crippen LogP contribution < -0.4 is 9.47 Å². The van der Waals surface area contributed by atoms with Crippen molar-refractivity contribution in [1.82, 2.24) is 0 Å². The standard InChI is InChI=1S/C23H19F3O2/c1-3-13-28-17-8-5-15(6-9-17)21(24)23(26)20-11-7-16-14-18(27-4-2)10-12-19(16)22(20)25/h3,5-12,14H,1,4,13H2,2H3. The van der Waals surface area contributed by atoms with Crippen LogP contribution in [0.25, 0.3) is 22.4 Å². The first-order chi connectivity index (χ1) is 13.5. The molecule has 2 nitrogen and oxygen atoms in total. The number of ether oxygens (including phenoxy) is 2. The molecule has 0 aliphatic rings. The van der Waals surface area contributed by atoms with E-state index in [2.05, 4.69) is 6.58 Å². The van der Waals surface area contributed by atoms with Gasteiger partial charge in [0, 0.05) is 16.5 Å². The summed E-state index contributed by atoms with van der Waals surface area (Å²) in [6.45, 7) is 6.16. The lowest BCUT2D eigenvalue weighted by Crippen LogP contribution is -1.94. The van der Waals surface area contributed by atoms with Crippen molar-refractivity contribution in [2.75, 3.05) is 13.2 Å². The van der Waals surface area contributed by atoms with Crippen LogP contribution in [0.2, 0.25) is 0 Å². The van der Waals surface area contributed by atoms with Gasteiger partial charge in [-0.2, -0.15) is 0 Å². The number of fused-ring (bicyclic) bond motifs is 1. The summed E-state index contributed by atoms with van der Waals surface area (Å²) in [5, 5.41) is 0.737. The molecule has 0 heterocycles. The topological polar surface area (TPSA) is 18.5 Å². The SMILES string of the molecule is C=CCOc1ccc(C(F)=C(F)c2ccc3cc(OCC)ccc3c2F)cc1. The molecule has 0 saturated heterocycles. The van der Waals surface area contributed by atoms with E-state index in [1.165, 1.54) is 42.5 Å². The number of hydrogen-bond donors (Lipinski definition) is 0. The molecule has 3 aromatic carbocycles. The molecule has 28 heavy (non-hydrogen) atoms. The molecule has 0 spiro atoms. The van der Waals surface area contributed by atoms with Crippen LogP contribution in [0.1, 0.15) is 18.1 Å². The Kier molecular flexibility index (Phi) is 6.04. The van der Waals surface area contributed by atoms with Crippen LogP contribution in [0, 0.1) is 5.82 Å². The van der Waals surface area contributed by atoms with Crippen molar-refractivity contribution >= 4 is 22.4 Å². The van der Waals surface area contributed by atoms with Crippen molar-refractivity contribution in [1.29, 1.82) is 0 Å². The summed E-state index contributed by atoms with van der Waals surface area (Å²) in [4.78, 5) is 0. The van der Waals surface area contributed by atoms with Gasteiger partial charge in [0.15, 0.2) is 11.7 Å². The minimum Gasteiger partial charge on any atom is -0.494 e. The molecular formula is C23H19F3O2. The predicted molar refractivity (Wildman–Crippen MR) is 106 cm³/mol. The van der Waals surface area contributed by atoms with Gasteiger partial charge in [-0.15, -0.1) is 0 Å². The van der Waals surface area contributed by atoms with E-state index in [1.807, 2.05) is 6.92 Å². The summed E-state index contributed by atoms with van der Waals surface area (Å²) in [6.07, 6.45) is 1.58. The van der Waals surface area contributed by atoms with Crippen molar-refractivity contribution < 1.29 is 22.6 Å². The van der Waals surface area contributed by atoms with E-state index in [0.29, 0.717) is 30.1 Å². The third kappa shape index (κ3) is 4.03. The Morgan fingerprint density at radius 2 is 1.64 bits per heavy atom. The highest BCUT2D eigenvalue weighted by Crippen LogP contribution is 2.34. The van der Waals surface area contributed by atoms with Crippen LogP contribution in [0.3, 0.4) is 0 Å². The first-order valence-electron chi connectivity index (χ1n) is 8.80. The number of hydrogen-bond acceptors (Lipinski definition) is 2. The van der Waals surface area contributed by atoms with Crippen molar-refractivity contribution in [3.8, 4) is 11.5 Å². The molecular weight excluding hydrogens is 365 g/mol. The molecule has 3 rings (SSSR count). The molecule has 0 N–H and O–H groups in total. The molecule has 0 aliphatic carbocycles. The normalized spacial score (nSPS) is 11.9. The Labute approximate surface area is 161 Å². The van der Waals surface area contributed by atoms with Crippen molar-refractivity contribution in [2.24, 2.45) is 0 Å². The van der Waals surface area contributed by atoms with Gasteiger partial charge in [-0.05, 0) is 60.8 Å². The zero-order valence-corrected chi connectivity index (χ0v) is 15.3. The molecule has 3 aromatic rings. The maximum Gasteiger partial charge on any atom is 0.169 e. The summed E-state index contributed by atoms with van der Waals surface area (Å²) >= 11 is 0. The molecule has 5 heteroatoms. The van der Waals surface area contributed by atoms with Gasteiger partial charge in [0.2, 0.25) is 0 Å². The fourth-order valence-corrected chi connectivity index (χ4v) is 2.79. The van der Waals surface area contributed by atoms with Crippen molar-refractivity contribution in [3.63, 3.8) is 0 Å². The summed E-state index contributed by atoms with van der Waals surface area (Å²) in [5.41, 5.74) is -0.434. The second kappa shape index (κ2) is 8.65. The maximum atomic E-state index is 14.8. The van der Waals surface area contributed by atoms with Gasteiger partial charge in [-0.3, -0.25) is 0 Å². The van der Waals surface area contributed by atoms with E-state index < -0.39 is 23.0 Å². The monoisotopic (exact) mass is 384 g/mol. The Morgan fingerprint density at radius 1 is 0.929 bits per heavy atom. The van der Waals surface area contributed by atoms with Gasteiger partial charge < -0.3 is 9.47 Å². The molecule has 0 aliphatic heterocycles. The van der Waals surface area contributed by atoms with Gasteiger partial charge >= 0.3 is 0 Å². The predicted octanol–water partition coefficient (Wildman–Crippen LogP) is 6.71. The average Bonchev–Trinajstić information content (AvgIpc) is 2.72. The van der Waals surface area contributed by atoms with E-state index in [4.69, 9.17) is 9.47 Å². The van der Waals surface area contributed by atoms with Crippen LogP contribution in [-0.2, 0) is 0 Å².